The second-order valence-corrected chi connectivity index (χ2v) is 9.93. The highest BCUT2D eigenvalue weighted by Gasteiger charge is 2.35. The summed E-state index contributed by atoms with van der Waals surface area (Å²) >= 11 is 0. The van der Waals surface area contributed by atoms with E-state index in [9.17, 15) is 21.4 Å². The molecule has 0 atom stereocenters. The number of fused-ring (bicyclic) bond motifs is 3. The van der Waals surface area contributed by atoms with Crippen LogP contribution in [0, 0.1) is 0 Å². The number of hydrogen-bond donors (Lipinski definition) is 2. The van der Waals surface area contributed by atoms with E-state index in [4.69, 9.17) is 0 Å². The maximum atomic E-state index is 12.6. The lowest BCUT2D eigenvalue weighted by Crippen LogP contribution is -2.25. The van der Waals surface area contributed by atoms with E-state index in [2.05, 4.69) is 9.71 Å². The minimum Gasteiger partial charge on any atom is -0.282 e. The Kier molecular flexibility index (Phi) is 4.27. The van der Waals surface area contributed by atoms with Gasteiger partial charge in [-0.1, -0.05) is 26.8 Å². The molecule has 140 valence electrons. The van der Waals surface area contributed by atoms with Crippen LogP contribution < -0.4 is 4.72 Å². The maximum Gasteiger partial charge on any atom is 0.294 e. The first kappa shape index (κ1) is 19.0. The number of aliphatic imine (C=N–C) groups is 1. The Morgan fingerprint density at radius 3 is 2.35 bits per heavy atom. The highest BCUT2D eigenvalue weighted by Crippen LogP contribution is 2.45. The molecular weight excluding hydrogens is 376 g/mol. The van der Waals surface area contributed by atoms with E-state index in [1.165, 1.54) is 6.07 Å². The second-order valence-electron chi connectivity index (χ2n) is 6.77. The van der Waals surface area contributed by atoms with Gasteiger partial charge in [-0.3, -0.25) is 9.55 Å². The van der Waals surface area contributed by atoms with Crippen molar-refractivity contribution in [2.45, 2.75) is 42.9 Å². The number of nitrogens with zero attached hydrogens (tertiary/aromatic N) is 1. The Balaban J connectivity index is 2.51. The van der Waals surface area contributed by atoms with Crippen LogP contribution in [0.1, 0.15) is 33.3 Å². The number of benzene rings is 2. The topological polar surface area (TPSA) is 113 Å². The minimum atomic E-state index is -4.59. The Morgan fingerprint density at radius 1 is 1.12 bits per heavy atom. The van der Waals surface area contributed by atoms with Crippen LogP contribution in [0.4, 0.5) is 5.69 Å². The van der Waals surface area contributed by atoms with Crippen molar-refractivity contribution in [1.29, 1.82) is 0 Å². The van der Waals surface area contributed by atoms with Gasteiger partial charge >= 0.3 is 0 Å². The third kappa shape index (κ3) is 2.84. The summed E-state index contributed by atoms with van der Waals surface area (Å²) in [6.45, 7) is 7.53. The standard InChI is InChI=1S/C17H20N2O5S2/c1-5-18-25(20,21)15-9-11(26(22,23)24)8-13-12(15)6-7-14-16(13)17(3,4)10(2)19-14/h6-9,18H,5H2,1-4H3,(H,22,23,24). The van der Waals surface area contributed by atoms with Gasteiger partial charge in [0, 0.05) is 23.1 Å². The molecule has 2 N–H and O–H groups in total. The predicted molar refractivity (Wildman–Crippen MR) is 100 cm³/mol. The normalized spacial score (nSPS) is 16.6. The Bertz CT molecular complexity index is 1160. The second kappa shape index (κ2) is 5.85. The zero-order valence-corrected chi connectivity index (χ0v) is 16.5. The Hall–Kier alpha value is -1.81. The average Bonchev–Trinajstić information content (AvgIpc) is 2.75. The van der Waals surface area contributed by atoms with Crippen molar-refractivity contribution in [2.75, 3.05) is 6.54 Å². The van der Waals surface area contributed by atoms with Gasteiger partial charge in [0.25, 0.3) is 10.1 Å². The van der Waals surface area contributed by atoms with Crippen LogP contribution in [0.25, 0.3) is 10.8 Å². The molecule has 0 amide bonds. The van der Waals surface area contributed by atoms with Gasteiger partial charge in [0.15, 0.2) is 0 Å². The number of rotatable bonds is 4. The largest absolute Gasteiger partial charge is 0.294 e. The molecule has 0 fully saturated rings. The smallest absolute Gasteiger partial charge is 0.282 e. The maximum absolute atomic E-state index is 12.6. The van der Waals surface area contributed by atoms with Crippen LogP contribution in [0.5, 0.6) is 0 Å². The lowest BCUT2D eigenvalue weighted by Gasteiger charge is -2.23. The van der Waals surface area contributed by atoms with Crippen LogP contribution >= 0.6 is 0 Å². The minimum absolute atomic E-state index is 0.151. The molecule has 0 spiro atoms. The number of sulfonamides is 1. The first-order chi connectivity index (χ1) is 11.9. The first-order valence-electron chi connectivity index (χ1n) is 8.03. The van der Waals surface area contributed by atoms with Crippen LogP contribution in [-0.2, 0) is 25.6 Å². The van der Waals surface area contributed by atoms with E-state index in [1.54, 1.807) is 19.1 Å². The van der Waals surface area contributed by atoms with E-state index in [1.807, 2.05) is 20.8 Å². The average molecular weight is 396 g/mol. The summed E-state index contributed by atoms with van der Waals surface area (Å²) in [5.41, 5.74) is 1.75. The fourth-order valence-corrected chi connectivity index (χ4v) is 5.15. The van der Waals surface area contributed by atoms with Crippen LogP contribution in [-0.4, -0.2) is 33.6 Å². The van der Waals surface area contributed by atoms with Crippen LogP contribution in [0.15, 0.2) is 39.0 Å². The van der Waals surface area contributed by atoms with Gasteiger partial charge < -0.3 is 0 Å². The molecule has 9 heteroatoms. The third-order valence-electron chi connectivity index (χ3n) is 4.79. The molecule has 2 aromatic rings. The highest BCUT2D eigenvalue weighted by molar-refractivity contribution is 7.90. The summed E-state index contributed by atoms with van der Waals surface area (Å²) in [5, 5.41) is 0.828. The molecule has 0 radical (unpaired) electrons. The third-order valence-corrected chi connectivity index (χ3v) is 7.21. The molecular formula is C17H20N2O5S2. The molecule has 0 saturated carbocycles. The molecule has 0 bridgehead atoms. The van der Waals surface area contributed by atoms with Gasteiger partial charge in [-0.15, -0.1) is 0 Å². The zero-order chi connectivity index (χ0) is 19.5. The van der Waals surface area contributed by atoms with Crippen molar-refractivity contribution in [1.82, 2.24) is 4.72 Å². The van der Waals surface area contributed by atoms with Gasteiger partial charge in [-0.2, -0.15) is 8.42 Å². The predicted octanol–water partition coefficient (Wildman–Crippen LogP) is 2.77. The molecule has 1 aliphatic heterocycles. The fourth-order valence-electron chi connectivity index (χ4n) is 3.25. The van der Waals surface area contributed by atoms with Crippen molar-refractivity contribution in [3.05, 3.63) is 29.8 Å². The summed E-state index contributed by atoms with van der Waals surface area (Å²) in [7, 11) is -8.54. The van der Waals surface area contributed by atoms with Crippen molar-refractivity contribution < 1.29 is 21.4 Å². The molecule has 0 aliphatic carbocycles. The molecule has 2 aromatic carbocycles. The summed E-state index contributed by atoms with van der Waals surface area (Å²) in [4.78, 5) is 3.86. The molecule has 0 unspecified atom stereocenters. The van der Waals surface area contributed by atoms with E-state index >= 15 is 0 Å². The van der Waals surface area contributed by atoms with E-state index in [0.717, 1.165) is 17.3 Å². The SMILES string of the molecule is CCNS(=O)(=O)c1cc(S(=O)(=O)O)cc2c3c(ccc12)N=C(C)C3(C)C. The van der Waals surface area contributed by atoms with Crippen LogP contribution in [0.3, 0.4) is 0 Å². The number of nitrogens with one attached hydrogen (secondary N) is 1. The van der Waals surface area contributed by atoms with Crippen LogP contribution in [0.2, 0.25) is 0 Å². The van der Waals surface area contributed by atoms with Gasteiger partial charge in [-0.05, 0) is 36.1 Å². The van der Waals surface area contributed by atoms with E-state index in [-0.39, 0.29) is 11.4 Å². The number of hydrogen-bond acceptors (Lipinski definition) is 5. The summed E-state index contributed by atoms with van der Waals surface area (Å²) < 4.78 is 60.7. The molecule has 26 heavy (non-hydrogen) atoms. The highest BCUT2D eigenvalue weighted by atomic mass is 32.2. The van der Waals surface area contributed by atoms with Gasteiger partial charge in [0.1, 0.15) is 0 Å². The fraction of sp³-hybridized carbons (Fsp3) is 0.353. The molecule has 3 rings (SSSR count). The van der Waals surface area contributed by atoms with Gasteiger partial charge in [0.05, 0.1) is 15.5 Å². The lowest BCUT2D eigenvalue weighted by molar-refractivity contribution is 0.483. The first-order valence-corrected chi connectivity index (χ1v) is 11.0. The van der Waals surface area contributed by atoms with Gasteiger partial charge in [0.2, 0.25) is 10.0 Å². The molecule has 1 heterocycles. The molecule has 7 nitrogen and oxygen atoms in total. The van der Waals surface area contributed by atoms with E-state index < -0.39 is 30.5 Å². The summed E-state index contributed by atoms with van der Waals surface area (Å²) in [5.74, 6) is 0. The van der Waals surface area contributed by atoms with Crippen molar-refractivity contribution in [3.8, 4) is 0 Å². The monoisotopic (exact) mass is 396 g/mol. The molecule has 1 aliphatic rings. The quantitative estimate of drug-likeness (QED) is 0.772. The Morgan fingerprint density at radius 2 is 1.77 bits per heavy atom. The Labute approximate surface area is 152 Å². The van der Waals surface area contributed by atoms with E-state index in [0.29, 0.717) is 16.5 Å². The molecule has 0 saturated heterocycles. The van der Waals surface area contributed by atoms with Crippen molar-refractivity contribution in [2.24, 2.45) is 4.99 Å². The zero-order valence-electron chi connectivity index (χ0n) is 14.9. The lowest BCUT2D eigenvalue weighted by atomic mass is 9.80. The van der Waals surface area contributed by atoms with Crippen molar-refractivity contribution in [3.63, 3.8) is 0 Å². The van der Waals surface area contributed by atoms with Gasteiger partial charge in [-0.25, -0.2) is 13.1 Å². The molecule has 0 aromatic heterocycles. The summed E-state index contributed by atoms with van der Waals surface area (Å²) in [6, 6.07) is 5.64. The van der Waals surface area contributed by atoms with Crippen molar-refractivity contribution >= 4 is 42.3 Å². The summed E-state index contributed by atoms with van der Waals surface area (Å²) in [6.07, 6.45) is 0.